The van der Waals surface area contributed by atoms with E-state index < -0.39 is 10.0 Å². The van der Waals surface area contributed by atoms with Crippen LogP contribution in [0.3, 0.4) is 0 Å². The van der Waals surface area contributed by atoms with E-state index in [1.54, 1.807) is 6.07 Å². The van der Waals surface area contributed by atoms with Crippen LogP contribution in [0.25, 0.3) is 0 Å². The first-order valence-corrected chi connectivity index (χ1v) is 8.32. The van der Waals surface area contributed by atoms with E-state index in [2.05, 4.69) is 26.0 Å². The van der Waals surface area contributed by atoms with E-state index >= 15 is 0 Å². The number of hydrogen-bond acceptors (Lipinski definition) is 4. The Hall–Kier alpha value is -0.370. The summed E-state index contributed by atoms with van der Waals surface area (Å²) < 4.78 is 32.1. The summed E-state index contributed by atoms with van der Waals surface area (Å²) >= 11 is 3.15. The number of hydrogen-bond donors (Lipinski definition) is 2. The van der Waals surface area contributed by atoms with Crippen LogP contribution < -0.4 is 10.0 Å². The Kier molecular flexibility index (Phi) is 4.47. The van der Waals surface area contributed by atoms with E-state index in [-0.39, 0.29) is 9.56 Å². The third-order valence-electron chi connectivity index (χ3n) is 2.68. The molecule has 0 atom stereocenters. The Bertz CT molecular complexity index is 508. The summed E-state index contributed by atoms with van der Waals surface area (Å²) in [7, 11) is -3.47. The van der Waals surface area contributed by atoms with Gasteiger partial charge in [0.1, 0.15) is 10.7 Å². The molecular formula is C11H17BrN2O3S. The van der Waals surface area contributed by atoms with E-state index in [1.807, 2.05) is 6.92 Å². The number of rotatable bonds is 7. The Labute approximate surface area is 116 Å². The van der Waals surface area contributed by atoms with Crippen LogP contribution in [0.15, 0.2) is 20.0 Å². The highest BCUT2D eigenvalue weighted by Crippen LogP contribution is 2.27. The van der Waals surface area contributed by atoms with E-state index in [1.165, 1.54) is 12.8 Å². The van der Waals surface area contributed by atoms with Gasteiger partial charge in [-0.2, -0.15) is 0 Å². The highest BCUT2D eigenvalue weighted by molar-refractivity contribution is 9.10. The maximum atomic E-state index is 12.0. The lowest BCUT2D eigenvalue weighted by molar-refractivity contribution is 0.460. The van der Waals surface area contributed by atoms with Crippen molar-refractivity contribution in [3.05, 3.63) is 16.5 Å². The SMILES string of the molecule is CCCNS(=O)(=O)c1cc(CNC2CC2)oc1Br. The van der Waals surface area contributed by atoms with Gasteiger partial charge in [-0.15, -0.1) is 0 Å². The lowest BCUT2D eigenvalue weighted by Crippen LogP contribution is -2.24. The maximum Gasteiger partial charge on any atom is 0.244 e. The summed E-state index contributed by atoms with van der Waals surface area (Å²) in [5.41, 5.74) is 0. The van der Waals surface area contributed by atoms with Crippen LogP contribution in [0.1, 0.15) is 31.9 Å². The van der Waals surface area contributed by atoms with Crippen LogP contribution in [0, 0.1) is 0 Å². The van der Waals surface area contributed by atoms with Crippen LogP contribution in [0.5, 0.6) is 0 Å². The van der Waals surface area contributed by atoms with Crippen LogP contribution in [-0.2, 0) is 16.6 Å². The number of sulfonamides is 1. The minimum Gasteiger partial charge on any atom is -0.452 e. The van der Waals surface area contributed by atoms with Gasteiger partial charge in [-0.25, -0.2) is 13.1 Å². The highest BCUT2D eigenvalue weighted by atomic mass is 79.9. The van der Waals surface area contributed by atoms with Crippen molar-refractivity contribution >= 4 is 26.0 Å². The molecule has 1 saturated carbocycles. The monoisotopic (exact) mass is 336 g/mol. The molecule has 1 aliphatic carbocycles. The minimum atomic E-state index is -3.47. The summed E-state index contributed by atoms with van der Waals surface area (Å²) in [5.74, 6) is 0.630. The molecule has 2 N–H and O–H groups in total. The van der Waals surface area contributed by atoms with Crippen molar-refractivity contribution in [1.29, 1.82) is 0 Å². The topological polar surface area (TPSA) is 71.3 Å². The van der Waals surface area contributed by atoms with Gasteiger partial charge in [0.05, 0.1) is 6.54 Å². The summed E-state index contributed by atoms with van der Waals surface area (Å²) in [6.07, 6.45) is 3.13. The molecule has 2 rings (SSSR count). The maximum absolute atomic E-state index is 12.0. The van der Waals surface area contributed by atoms with Gasteiger partial charge in [0, 0.05) is 18.7 Å². The zero-order chi connectivity index (χ0) is 13.2. The summed E-state index contributed by atoms with van der Waals surface area (Å²) in [6.45, 7) is 2.90. The van der Waals surface area contributed by atoms with E-state index in [4.69, 9.17) is 4.42 Å². The summed E-state index contributed by atoms with van der Waals surface area (Å²) in [4.78, 5) is 0.170. The van der Waals surface area contributed by atoms with E-state index in [0.717, 1.165) is 6.42 Å². The van der Waals surface area contributed by atoms with Crippen LogP contribution >= 0.6 is 15.9 Å². The molecule has 0 amide bonds. The largest absolute Gasteiger partial charge is 0.452 e. The molecule has 1 aromatic heterocycles. The Balaban J connectivity index is 2.07. The zero-order valence-electron chi connectivity index (χ0n) is 10.2. The molecule has 1 aliphatic rings. The van der Waals surface area contributed by atoms with Gasteiger partial charge in [0.15, 0.2) is 4.67 Å². The Morgan fingerprint density at radius 2 is 2.22 bits per heavy atom. The summed E-state index contributed by atoms with van der Waals surface area (Å²) in [5, 5.41) is 3.28. The van der Waals surface area contributed by atoms with Crippen molar-refractivity contribution in [3.8, 4) is 0 Å². The zero-order valence-corrected chi connectivity index (χ0v) is 12.6. The third kappa shape index (κ3) is 3.57. The van der Waals surface area contributed by atoms with Gasteiger partial charge in [-0.3, -0.25) is 0 Å². The van der Waals surface area contributed by atoms with Gasteiger partial charge in [0.2, 0.25) is 10.0 Å². The molecule has 0 spiro atoms. The minimum absolute atomic E-state index is 0.170. The predicted molar refractivity (Wildman–Crippen MR) is 71.7 cm³/mol. The third-order valence-corrected chi connectivity index (χ3v) is 5.00. The van der Waals surface area contributed by atoms with Crippen LogP contribution in [-0.4, -0.2) is 21.0 Å². The fraction of sp³-hybridized carbons (Fsp3) is 0.636. The average Bonchev–Trinajstić information content (AvgIpc) is 3.07. The normalized spacial score (nSPS) is 16.1. The first-order valence-electron chi connectivity index (χ1n) is 6.04. The van der Waals surface area contributed by atoms with Gasteiger partial charge < -0.3 is 9.73 Å². The molecule has 0 radical (unpaired) electrons. The van der Waals surface area contributed by atoms with E-state index in [9.17, 15) is 8.42 Å². The molecule has 0 aliphatic heterocycles. The average molecular weight is 337 g/mol. The molecular weight excluding hydrogens is 320 g/mol. The highest BCUT2D eigenvalue weighted by Gasteiger charge is 2.24. The molecule has 0 saturated heterocycles. The van der Waals surface area contributed by atoms with Gasteiger partial charge in [-0.1, -0.05) is 6.92 Å². The molecule has 1 heterocycles. The molecule has 102 valence electrons. The fourth-order valence-corrected chi connectivity index (χ4v) is 3.64. The van der Waals surface area contributed by atoms with Crippen LogP contribution in [0.4, 0.5) is 0 Å². The Morgan fingerprint density at radius 1 is 1.50 bits per heavy atom. The molecule has 0 bridgehead atoms. The lowest BCUT2D eigenvalue weighted by atomic mass is 10.4. The lowest BCUT2D eigenvalue weighted by Gasteiger charge is -2.02. The number of nitrogens with one attached hydrogen (secondary N) is 2. The van der Waals surface area contributed by atoms with Gasteiger partial charge >= 0.3 is 0 Å². The van der Waals surface area contributed by atoms with Crippen molar-refractivity contribution in [1.82, 2.24) is 10.0 Å². The first-order chi connectivity index (χ1) is 8.53. The van der Waals surface area contributed by atoms with Crippen LogP contribution in [0.2, 0.25) is 0 Å². The van der Waals surface area contributed by atoms with Crippen molar-refractivity contribution in [2.24, 2.45) is 0 Å². The Morgan fingerprint density at radius 3 is 2.83 bits per heavy atom. The second-order valence-electron chi connectivity index (χ2n) is 4.40. The quantitative estimate of drug-likeness (QED) is 0.798. The predicted octanol–water partition coefficient (Wildman–Crippen LogP) is 1.98. The van der Waals surface area contributed by atoms with Gasteiger partial charge in [-0.05, 0) is 35.2 Å². The van der Waals surface area contributed by atoms with Crippen molar-refractivity contribution in [2.45, 2.75) is 43.7 Å². The molecule has 18 heavy (non-hydrogen) atoms. The van der Waals surface area contributed by atoms with Crippen molar-refractivity contribution < 1.29 is 12.8 Å². The molecule has 5 nitrogen and oxygen atoms in total. The van der Waals surface area contributed by atoms with Crippen molar-refractivity contribution in [2.75, 3.05) is 6.54 Å². The standard InChI is InChI=1S/C11H17BrN2O3S/c1-2-5-14-18(15,16)10-6-9(17-11(10)12)7-13-8-3-4-8/h6,8,13-14H,2-5,7H2,1H3. The molecule has 1 aromatic rings. The molecule has 7 heteroatoms. The van der Waals surface area contributed by atoms with Crippen molar-refractivity contribution in [3.63, 3.8) is 0 Å². The van der Waals surface area contributed by atoms with Gasteiger partial charge in [0.25, 0.3) is 0 Å². The molecule has 0 aromatic carbocycles. The summed E-state index contributed by atoms with van der Waals surface area (Å²) in [6, 6.07) is 2.13. The van der Waals surface area contributed by atoms with E-state index in [0.29, 0.717) is 24.9 Å². The smallest absolute Gasteiger partial charge is 0.244 e. The fourth-order valence-electron chi connectivity index (χ4n) is 1.51. The molecule has 1 fully saturated rings. The second kappa shape index (κ2) is 5.73. The number of halogens is 1. The number of furan rings is 1. The molecule has 0 unspecified atom stereocenters. The first kappa shape index (κ1) is 14.0. The second-order valence-corrected chi connectivity index (χ2v) is 6.86.